The summed E-state index contributed by atoms with van der Waals surface area (Å²) in [5, 5.41) is 10.9. The van der Waals surface area contributed by atoms with E-state index >= 15 is 0 Å². The summed E-state index contributed by atoms with van der Waals surface area (Å²) in [6.45, 7) is 0.165. The Hall–Kier alpha value is -2.94. The number of halogens is 3. The summed E-state index contributed by atoms with van der Waals surface area (Å²) in [4.78, 5) is 28.9. The average Bonchev–Trinajstić information content (AvgIpc) is 2.67. The quantitative estimate of drug-likeness (QED) is 0.837. The van der Waals surface area contributed by atoms with Crippen LogP contribution in [0.1, 0.15) is 44.8 Å². The third-order valence-electron chi connectivity index (χ3n) is 4.87. The highest BCUT2D eigenvalue weighted by Crippen LogP contribution is 2.41. The molecule has 1 aliphatic rings. The zero-order valence-electron chi connectivity index (χ0n) is 14.7. The van der Waals surface area contributed by atoms with E-state index in [0.717, 1.165) is 6.07 Å². The normalized spacial score (nSPS) is 16.6. The van der Waals surface area contributed by atoms with Crippen LogP contribution in [0.4, 0.5) is 13.2 Å². The second-order valence-electron chi connectivity index (χ2n) is 6.66. The molecule has 1 aliphatic heterocycles. The molecule has 1 saturated heterocycles. The molecule has 0 radical (unpaired) electrons. The third-order valence-corrected chi connectivity index (χ3v) is 4.87. The van der Waals surface area contributed by atoms with Crippen LogP contribution in [0.15, 0.2) is 42.6 Å². The molecule has 0 spiro atoms. The lowest BCUT2D eigenvalue weighted by Gasteiger charge is -2.39. The van der Waals surface area contributed by atoms with Gasteiger partial charge in [-0.1, -0.05) is 18.2 Å². The van der Waals surface area contributed by atoms with Crippen LogP contribution in [-0.4, -0.2) is 39.9 Å². The third kappa shape index (κ3) is 3.84. The van der Waals surface area contributed by atoms with Gasteiger partial charge in [0.05, 0.1) is 16.7 Å². The van der Waals surface area contributed by atoms with E-state index < -0.39 is 23.2 Å². The van der Waals surface area contributed by atoms with Crippen molar-refractivity contribution >= 4 is 11.8 Å². The van der Waals surface area contributed by atoms with Crippen LogP contribution >= 0.6 is 0 Å². The molecule has 0 bridgehead atoms. The number of rotatable bonds is 3. The van der Waals surface area contributed by atoms with E-state index in [-0.39, 0.29) is 48.7 Å². The summed E-state index contributed by atoms with van der Waals surface area (Å²) in [6.07, 6.45) is -3.41. The van der Waals surface area contributed by atoms with E-state index in [4.69, 9.17) is 5.73 Å². The smallest absolute Gasteiger partial charge is 0.385 e. The Morgan fingerprint density at radius 3 is 2.29 bits per heavy atom. The van der Waals surface area contributed by atoms with Gasteiger partial charge in [-0.15, -0.1) is 0 Å². The molecule has 9 heteroatoms. The van der Waals surface area contributed by atoms with E-state index in [1.807, 2.05) is 0 Å². The zero-order valence-corrected chi connectivity index (χ0v) is 14.7. The van der Waals surface area contributed by atoms with Crippen molar-refractivity contribution in [1.82, 2.24) is 9.88 Å². The monoisotopic (exact) mass is 393 g/mol. The molecular weight excluding hydrogens is 375 g/mol. The summed E-state index contributed by atoms with van der Waals surface area (Å²) in [6, 6.07) is 7.68. The first kappa shape index (κ1) is 19.8. The molecule has 148 valence electrons. The van der Waals surface area contributed by atoms with Gasteiger partial charge in [-0.3, -0.25) is 14.6 Å². The number of benzene rings is 1. The van der Waals surface area contributed by atoms with Gasteiger partial charge in [-0.2, -0.15) is 13.2 Å². The molecule has 1 fully saturated rings. The Balaban J connectivity index is 1.75. The predicted octanol–water partition coefficient (Wildman–Crippen LogP) is 2.32. The number of carbonyl (C=O) groups excluding carboxylic acids is 2. The van der Waals surface area contributed by atoms with Crippen molar-refractivity contribution in [2.75, 3.05) is 13.1 Å². The lowest BCUT2D eigenvalue weighted by Crippen LogP contribution is -2.45. The van der Waals surface area contributed by atoms with Crippen LogP contribution < -0.4 is 5.73 Å². The molecule has 0 aliphatic carbocycles. The summed E-state index contributed by atoms with van der Waals surface area (Å²) in [5.74, 6) is -1.10. The van der Waals surface area contributed by atoms with Gasteiger partial charge in [0.25, 0.3) is 11.8 Å². The minimum Gasteiger partial charge on any atom is -0.385 e. The topological polar surface area (TPSA) is 96.5 Å². The number of nitrogens with two attached hydrogens (primary N) is 1. The maximum Gasteiger partial charge on any atom is 0.416 e. The first-order chi connectivity index (χ1) is 13.1. The van der Waals surface area contributed by atoms with E-state index in [2.05, 4.69) is 4.98 Å². The number of pyridine rings is 1. The van der Waals surface area contributed by atoms with Crippen molar-refractivity contribution < 1.29 is 27.9 Å². The Morgan fingerprint density at radius 1 is 1.11 bits per heavy atom. The lowest BCUT2D eigenvalue weighted by molar-refractivity contribution is -0.141. The van der Waals surface area contributed by atoms with Gasteiger partial charge in [0.1, 0.15) is 5.69 Å². The van der Waals surface area contributed by atoms with Crippen molar-refractivity contribution in [3.63, 3.8) is 0 Å². The largest absolute Gasteiger partial charge is 0.416 e. The van der Waals surface area contributed by atoms with Crippen molar-refractivity contribution in [2.45, 2.75) is 24.6 Å². The fourth-order valence-corrected chi connectivity index (χ4v) is 3.33. The van der Waals surface area contributed by atoms with Gasteiger partial charge in [0.2, 0.25) is 0 Å². The maximum atomic E-state index is 13.3. The number of hydrogen-bond donors (Lipinski definition) is 2. The van der Waals surface area contributed by atoms with Gasteiger partial charge in [-0.05, 0) is 36.6 Å². The Bertz CT molecular complexity index is 889. The maximum absolute atomic E-state index is 13.3. The number of hydrogen-bond acceptors (Lipinski definition) is 4. The second-order valence-corrected chi connectivity index (χ2v) is 6.66. The number of carbonyl (C=O) groups is 2. The molecule has 2 amide bonds. The Morgan fingerprint density at radius 2 is 1.75 bits per heavy atom. The first-order valence-corrected chi connectivity index (χ1v) is 8.56. The van der Waals surface area contributed by atoms with Crippen molar-refractivity contribution in [1.29, 1.82) is 0 Å². The number of amides is 2. The molecule has 2 heterocycles. The second kappa shape index (κ2) is 7.23. The van der Waals surface area contributed by atoms with Gasteiger partial charge in [0, 0.05) is 19.3 Å². The van der Waals surface area contributed by atoms with E-state index in [0.29, 0.717) is 0 Å². The van der Waals surface area contributed by atoms with Crippen LogP contribution in [0.2, 0.25) is 0 Å². The molecule has 1 aromatic heterocycles. The summed E-state index contributed by atoms with van der Waals surface area (Å²) in [5.41, 5.74) is 2.64. The molecule has 1 aromatic carbocycles. The first-order valence-electron chi connectivity index (χ1n) is 8.56. The molecule has 3 N–H and O–H groups in total. The van der Waals surface area contributed by atoms with Crippen LogP contribution in [0.5, 0.6) is 0 Å². The number of nitrogens with zero attached hydrogens (tertiary/aromatic N) is 2. The highest BCUT2D eigenvalue weighted by Gasteiger charge is 2.42. The van der Waals surface area contributed by atoms with Gasteiger partial charge in [-0.25, -0.2) is 0 Å². The fourth-order valence-electron chi connectivity index (χ4n) is 3.33. The molecule has 6 nitrogen and oxygen atoms in total. The van der Waals surface area contributed by atoms with E-state index in [9.17, 15) is 27.9 Å². The minimum atomic E-state index is -4.58. The summed E-state index contributed by atoms with van der Waals surface area (Å²) < 4.78 is 39.8. The lowest BCUT2D eigenvalue weighted by atomic mass is 9.81. The standard InChI is InChI=1S/C19H18F3N3O3/c20-19(21,22)14-4-2-1-3-13(14)18(28)7-9-25(10-8-18)17(27)12-5-6-15(16(23)26)24-11-12/h1-6,11,28H,7-10H2,(H2,23,26). The number of primary amides is 1. The zero-order chi connectivity index (χ0) is 20.5. The summed E-state index contributed by atoms with van der Waals surface area (Å²) in [7, 11) is 0. The SMILES string of the molecule is NC(=O)c1ccc(C(=O)N2CCC(O)(c3ccccc3C(F)(F)F)CC2)cn1. The number of likely N-dealkylation sites (tertiary alicyclic amines) is 1. The fraction of sp³-hybridized carbons (Fsp3) is 0.316. The Kier molecular flexibility index (Phi) is 5.12. The van der Waals surface area contributed by atoms with Crippen LogP contribution in [-0.2, 0) is 11.8 Å². The molecule has 0 saturated carbocycles. The number of aromatic nitrogens is 1. The highest BCUT2D eigenvalue weighted by atomic mass is 19.4. The predicted molar refractivity (Wildman–Crippen MR) is 93.2 cm³/mol. The van der Waals surface area contributed by atoms with E-state index in [1.165, 1.54) is 41.4 Å². The van der Waals surface area contributed by atoms with Crippen molar-refractivity contribution in [3.8, 4) is 0 Å². The van der Waals surface area contributed by atoms with Crippen LogP contribution in [0.25, 0.3) is 0 Å². The number of piperidine rings is 1. The van der Waals surface area contributed by atoms with Crippen molar-refractivity contribution in [2.24, 2.45) is 5.73 Å². The summed E-state index contributed by atoms with van der Waals surface area (Å²) >= 11 is 0. The number of aliphatic hydroxyl groups is 1. The Labute approximate surface area is 158 Å². The van der Waals surface area contributed by atoms with Crippen LogP contribution in [0.3, 0.4) is 0 Å². The molecule has 0 atom stereocenters. The van der Waals surface area contributed by atoms with Gasteiger partial charge in [0.15, 0.2) is 0 Å². The molecular formula is C19H18F3N3O3. The van der Waals surface area contributed by atoms with Gasteiger partial charge >= 0.3 is 6.18 Å². The average molecular weight is 393 g/mol. The van der Waals surface area contributed by atoms with Crippen molar-refractivity contribution in [3.05, 3.63) is 65.0 Å². The van der Waals surface area contributed by atoms with E-state index in [1.54, 1.807) is 0 Å². The van der Waals surface area contributed by atoms with Gasteiger partial charge < -0.3 is 15.7 Å². The number of alkyl halides is 3. The minimum absolute atomic E-state index is 0.0216. The van der Waals surface area contributed by atoms with Crippen LogP contribution in [0, 0.1) is 0 Å². The highest BCUT2D eigenvalue weighted by molar-refractivity contribution is 5.95. The molecule has 28 heavy (non-hydrogen) atoms. The molecule has 3 rings (SSSR count). The molecule has 0 unspecified atom stereocenters. The molecule has 2 aromatic rings.